The number of hydrogen-bond acceptors (Lipinski definition) is 7. The molecule has 0 aliphatic carbocycles. The molecule has 4 rings (SSSR count). The van der Waals surface area contributed by atoms with Gasteiger partial charge in [-0.3, -0.25) is 10.1 Å². The van der Waals surface area contributed by atoms with Crippen molar-refractivity contribution in [3.63, 3.8) is 0 Å². The molecule has 0 saturated carbocycles. The van der Waals surface area contributed by atoms with Gasteiger partial charge in [-0.1, -0.05) is 6.07 Å². The van der Waals surface area contributed by atoms with Crippen LogP contribution in [0.5, 0.6) is 11.5 Å². The topological polar surface area (TPSA) is 125 Å². The first-order valence-corrected chi connectivity index (χ1v) is 10.4. The van der Waals surface area contributed by atoms with E-state index in [4.69, 9.17) is 14.6 Å². The molecular formula is C18H19N3O6S. The van der Waals surface area contributed by atoms with Gasteiger partial charge in [0.25, 0.3) is 5.69 Å². The summed E-state index contributed by atoms with van der Waals surface area (Å²) in [5.74, 6) is 1.35. The summed E-state index contributed by atoms with van der Waals surface area (Å²) in [5, 5.41) is 16.7. The molecule has 2 N–H and O–H groups in total. The van der Waals surface area contributed by atoms with Crippen molar-refractivity contribution < 1.29 is 22.8 Å². The number of hydrogen-bond donors (Lipinski definition) is 1. The molecule has 2 aliphatic rings. The van der Waals surface area contributed by atoms with E-state index in [0.29, 0.717) is 36.9 Å². The van der Waals surface area contributed by atoms with E-state index in [2.05, 4.69) is 0 Å². The molecule has 2 aromatic carbocycles. The van der Waals surface area contributed by atoms with Gasteiger partial charge >= 0.3 is 0 Å². The van der Waals surface area contributed by atoms with Gasteiger partial charge in [-0.15, -0.1) is 0 Å². The Hall–Kier alpha value is -2.85. The van der Waals surface area contributed by atoms with Crippen molar-refractivity contribution in [2.24, 2.45) is 5.14 Å². The Morgan fingerprint density at radius 3 is 2.57 bits per heavy atom. The van der Waals surface area contributed by atoms with E-state index in [1.165, 1.54) is 12.1 Å². The lowest BCUT2D eigenvalue weighted by molar-refractivity contribution is -0.384. The molecule has 0 aromatic heterocycles. The Morgan fingerprint density at radius 1 is 1.11 bits per heavy atom. The maximum atomic E-state index is 11.6. The maximum absolute atomic E-state index is 11.6. The summed E-state index contributed by atoms with van der Waals surface area (Å²) in [6.07, 6.45) is 1.67. The predicted octanol–water partition coefficient (Wildman–Crippen LogP) is 2.35. The minimum Gasteiger partial charge on any atom is -0.486 e. The highest BCUT2D eigenvalue weighted by Gasteiger charge is 2.32. The standard InChI is InChI=1S/C18H19N3O6S/c19-28(24,25)13-4-5-15(16(11-13)21(22)23)20-7-1-2-14(20)12-3-6-17-18(10-12)27-9-8-26-17/h3-6,10-11,14H,1-2,7-9H2,(H2,19,24,25)/t14-/m0/s1. The van der Waals surface area contributed by atoms with Crippen LogP contribution in [-0.4, -0.2) is 33.1 Å². The fourth-order valence-electron chi connectivity index (χ4n) is 3.74. The van der Waals surface area contributed by atoms with Crippen molar-refractivity contribution in [2.45, 2.75) is 23.8 Å². The summed E-state index contributed by atoms with van der Waals surface area (Å²) in [7, 11) is -4.03. The monoisotopic (exact) mass is 405 g/mol. The largest absolute Gasteiger partial charge is 0.486 e. The van der Waals surface area contributed by atoms with Crippen molar-refractivity contribution in [3.05, 3.63) is 52.1 Å². The van der Waals surface area contributed by atoms with E-state index in [9.17, 15) is 18.5 Å². The molecule has 1 saturated heterocycles. The third kappa shape index (κ3) is 3.36. The number of primary sulfonamides is 1. The first-order valence-electron chi connectivity index (χ1n) is 8.82. The molecule has 2 aliphatic heterocycles. The predicted molar refractivity (Wildman–Crippen MR) is 101 cm³/mol. The highest BCUT2D eigenvalue weighted by molar-refractivity contribution is 7.89. The van der Waals surface area contributed by atoms with Gasteiger partial charge in [0.2, 0.25) is 10.0 Å². The number of rotatable bonds is 4. The normalized spacial score (nSPS) is 18.9. The molecule has 0 bridgehead atoms. The molecule has 0 amide bonds. The molecule has 10 heteroatoms. The molecular weight excluding hydrogens is 386 g/mol. The molecule has 9 nitrogen and oxygen atoms in total. The first kappa shape index (κ1) is 18.5. The Bertz CT molecular complexity index is 1040. The van der Waals surface area contributed by atoms with E-state index in [1.54, 1.807) is 0 Å². The Morgan fingerprint density at radius 2 is 1.86 bits per heavy atom. The lowest BCUT2D eigenvalue weighted by Crippen LogP contribution is -2.24. The van der Waals surface area contributed by atoms with Crippen LogP contribution in [0.2, 0.25) is 0 Å². The molecule has 2 heterocycles. The average molecular weight is 405 g/mol. The molecule has 28 heavy (non-hydrogen) atoms. The summed E-state index contributed by atoms with van der Waals surface area (Å²) in [4.78, 5) is 12.7. The van der Waals surface area contributed by atoms with Crippen LogP contribution in [-0.2, 0) is 10.0 Å². The van der Waals surface area contributed by atoms with Crippen LogP contribution in [0.1, 0.15) is 24.4 Å². The molecule has 148 valence electrons. The summed E-state index contributed by atoms with van der Waals surface area (Å²) in [5.41, 5.74) is 1.05. The van der Waals surface area contributed by atoms with E-state index < -0.39 is 14.9 Å². The van der Waals surface area contributed by atoms with Crippen molar-refractivity contribution in [1.29, 1.82) is 0 Å². The maximum Gasteiger partial charge on any atom is 0.293 e. The second-order valence-electron chi connectivity index (χ2n) is 6.71. The van der Waals surface area contributed by atoms with Gasteiger partial charge in [0, 0.05) is 12.6 Å². The van der Waals surface area contributed by atoms with Gasteiger partial charge < -0.3 is 14.4 Å². The minimum absolute atomic E-state index is 0.0881. The third-order valence-corrected chi connectivity index (χ3v) is 5.90. The van der Waals surface area contributed by atoms with Crippen LogP contribution >= 0.6 is 0 Å². The quantitative estimate of drug-likeness (QED) is 0.611. The molecule has 1 fully saturated rings. The highest BCUT2D eigenvalue weighted by Crippen LogP contribution is 2.43. The van der Waals surface area contributed by atoms with Gasteiger partial charge in [-0.2, -0.15) is 0 Å². The molecule has 0 spiro atoms. The van der Waals surface area contributed by atoms with Crippen molar-refractivity contribution in [1.82, 2.24) is 0 Å². The van der Waals surface area contributed by atoms with Crippen molar-refractivity contribution in [2.75, 3.05) is 24.7 Å². The minimum atomic E-state index is -4.03. The lowest BCUT2D eigenvalue weighted by atomic mass is 10.0. The average Bonchev–Trinajstić information content (AvgIpc) is 3.16. The van der Waals surface area contributed by atoms with E-state index >= 15 is 0 Å². The fraction of sp³-hybridized carbons (Fsp3) is 0.333. The second kappa shape index (κ2) is 6.95. The molecule has 0 radical (unpaired) electrons. The number of nitro groups is 1. The zero-order valence-corrected chi connectivity index (χ0v) is 15.7. The highest BCUT2D eigenvalue weighted by atomic mass is 32.2. The van der Waals surface area contributed by atoms with Crippen LogP contribution in [0, 0.1) is 10.1 Å². The Labute approximate surface area is 161 Å². The Kier molecular flexibility index (Phi) is 4.60. The zero-order valence-electron chi connectivity index (χ0n) is 14.9. The second-order valence-corrected chi connectivity index (χ2v) is 8.27. The van der Waals surface area contributed by atoms with Crippen molar-refractivity contribution in [3.8, 4) is 11.5 Å². The molecule has 0 unspecified atom stereocenters. The van der Waals surface area contributed by atoms with E-state index in [-0.39, 0.29) is 16.6 Å². The van der Waals surface area contributed by atoms with Gasteiger partial charge in [-0.25, -0.2) is 13.6 Å². The number of nitrogens with two attached hydrogens (primary N) is 1. The SMILES string of the molecule is NS(=O)(=O)c1ccc(N2CCC[C@H]2c2ccc3c(c2)OCCO3)c([N+](=O)[O-])c1. The van der Waals surface area contributed by atoms with Gasteiger partial charge in [0.1, 0.15) is 18.9 Å². The van der Waals surface area contributed by atoms with Gasteiger partial charge in [-0.05, 0) is 42.7 Å². The number of sulfonamides is 1. The van der Waals surface area contributed by atoms with Crippen molar-refractivity contribution >= 4 is 21.4 Å². The van der Waals surface area contributed by atoms with E-state index in [1.807, 2.05) is 23.1 Å². The van der Waals surface area contributed by atoms with Gasteiger partial charge in [0.15, 0.2) is 11.5 Å². The fourth-order valence-corrected chi connectivity index (χ4v) is 4.27. The smallest absolute Gasteiger partial charge is 0.293 e. The zero-order chi connectivity index (χ0) is 19.9. The van der Waals surface area contributed by atoms with E-state index in [0.717, 1.165) is 24.5 Å². The number of ether oxygens (including phenoxy) is 2. The number of fused-ring (bicyclic) bond motifs is 1. The number of benzene rings is 2. The number of nitrogens with zero attached hydrogens (tertiary/aromatic N) is 2. The summed E-state index contributed by atoms with van der Waals surface area (Å²) < 4.78 is 34.4. The summed E-state index contributed by atoms with van der Waals surface area (Å²) >= 11 is 0. The summed E-state index contributed by atoms with van der Waals surface area (Å²) in [6.45, 7) is 1.60. The third-order valence-electron chi connectivity index (χ3n) is 4.99. The molecule has 1 atom stereocenters. The summed E-state index contributed by atoms with van der Waals surface area (Å²) in [6, 6.07) is 9.37. The van der Waals surface area contributed by atoms with Crippen LogP contribution in [0.3, 0.4) is 0 Å². The van der Waals surface area contributed by atoms with Crippen LogP contribution in [0.25, 0.3) is 0 Å². The Balaban J connectivity index is 1.73. The molecule has 2 aromatic rings. The number of anilines is 1. The lowest BCUT2D eigenvalue weighted by Gasteiger charge is -2.28. The van der Waals surface area contributed by atoms with Gasteiger partial charge in [0.05, 0.1) is 15.9 Å². The van der Waals surface area contributed by atoms with Crippen LogP contribution in [0.4, 0.5) is 11.4 Å². The van der Waals surface area contributed by atoms with Crippen LogP contribution in [0.15, 0.2) is 41.3 Å². The number of nitro benzene ring substituents is 1. The first-order chi connectivity index (χ1) is 13.3. The van der Waals surface area contributed by atoms with Crippen LogP contribution < -0.4 is 19.5 Å².